The molecular weight excluding hydrogens is 211 g/mol. The molecule has 0 spiro atoms. The molecule has 0 unspecified atom stereocenters. The molecule has 0 amide bonds. The average Bonchev–Trinajstić information content (AvgIpc) is 2.26. The van der Waals surface area contributed by atoms with Crippen LogP contribution < -0.4 is 4.74 Å². The predicted octanol–water partition coefficient (Wildman–Crippen LogP) is 2.29. The molecule has 1 aromatic rings. The van der Waals surface area contributed by atoms with E-state index in [9.17, 15) is 9.50 Å². The van der Waals surface area contributed by atoms with Crippen LogP contribution in [0.25, 0.3) is 0 Å². The van der Waals surface area contributed by atoms with Gasteiger partial charge in [-0.05, 0) is 32.0 Å². The van der Waals surface area contributed by atoms with E-state index in [-0.39, 0.29) is 5.82 Å². The van der Waals surface area contributed by atoms with Crippen LogP contribution in [0.2, 0.25) is 0 Å². The first-order valence-corrected chi connectivity index (χ1v) is 5.33. The Hall–Kier alpha value is -1.13. The van der Waals surface area contributed by atoms with Gasteiger partial charge in [-0.25, -0.2) is 4.39 Å². The lowest BCUT2D eigenvalue weighted by Gasteiger charge is -2.13. The van der Waals surface area contributed by atoms with E-state index in [1.54, 1.807) is 6.92 Å². The minimum absolute atomic E-state index is 0.381. The van der Waals surface area contributed by atoms with Gasteiger partial charge in [0.15, 0.2) is 0 Å². The number of halogens is 1. The van der Waals surface area contributed by atoms with Crippen molar-refractivity contribution < 1.29 is 19.0 Å². The molecule has 0 aliphatic rings. The summed E-state index contributed by atoms with van der Waals surface area (Å²) >= 11 is 0. The molecule has 0 aliphatic carbocycles. The number of rotatable bonds is 6. The van der Waals surface area contributed by atoms with Gasteiger partial charge in [-0.15, -0.1) is 0 Å². The monoisotopic (exact) mass is 228 g/mol. The molecule has 1 aromatic carbocycles. The second kappa shape index (κ2) is 6.45. The molecule has 0 aromatic heterocycles. The first-order valence-electron chi connectivity index (χ1n) is 5.33. The number of aliphatic hydroxyl groups excluding tert-OH is 1. The summed E-state index contributed by atoms with van der Waals surface area (Å²) in [6, 6.07) is 4.10. The van der Waals surface area contributed by atoms with E-state index in [1.165, 1.54) is 18.2 Å². The second-order valence-corrected chi connectivity index (χ2v) is 3.40. The first kappa shape index (κ1) is 12.9. The van der Waals surface area contributed by atoms with E-state index >= 15 is 0 Å². The van der Waals surface area contributed by atoms with Crippen molar-refractivity contribution in [3.8, 4) is 5.75 Å². The van der Waals surface area contributed by atoms with Gasteiger partial charge >= 0.3 is 0 Å². The number of ether oxygens (including phenoxy) is 2. The van der Waals surface area contributed by atoms with E-state index in [0.29, 0.717) is 31.1 Å². The summed E-state index contributed by atoms with van der Waals surface area (Å²) in [4.78, 5) is 0. The van der Waals surface area contributed by atoms with E-state index in [1.807, 2.05) is 6.92 Å². The van der Waals surface area contributed by atoms with Gasteiger partial charge in [0.05, 0.1) is 12.7 Å². The van der Waals surface area contributed by atoms with Gasteiger partial charge in [0.2, 0.25) is 0 Å². The molecule has 3 nitrogen and oxygen atoms in total. The van der Waals surface area contributed by atoms with Gasteiger partial charge < -0.3 is 14.6 Å². The van der Waals surface area contributed by atoms with Crippen molar-refractivity contribution in [2.45, 2.75) is 20.0 Å². The maximum Gasteiger partial charge on any atom is 0.125 e. The van der Waals surface area contributed by atoms with Crippen molar-refractivity contribution in [1.82, 2.24) is 0 Å². The Bertz CT molecular complexity index is 326. The fourth-order valence-corrected chi connectivity index (χ4v) is 1.33. The lowest BCUT2D eigenvalue weighted by Crippen LogP contribution is -2.08. The largest absolute Gasteiger partial charge is 0.491 e. The van der Waals surface area contributed by atoms with Crippen LogP contribution in [0.1, 0.15) is 25.5 Å². The zero-order valence-corrected chi connectivity index (χ0v) is 9.57. The lowest BCUT2D eigenvalue weighted by atomic mass is 10.1. The van der Waals surface area contributed by atoms with Gasteiger partial charge in [-0.2, -0.15) is 0 Å². The Kier molecular flexibility index (Phi) is 5.22. The van der Waals surface area contributed by atoms with Crippen LogP contribution in [0.5, 0.6) is 5.75 Å². The Morgan fingerprint density at radius 3 is 2.75 bits per heavy atom. The van der Waals surface area contributed by atoms with Crippen molar-refractivity contribution in [3.63, 3.8) is 0 Å². The molecule has 0 saturated carbocycles. The number of aliphatic hydroxyl groups is 1. The van der Waals surface area contributed by atoms with Crippen LogP contribution in [-0.4, -0.2) is 24.9 Å². The molecule has 0 bridgehead atoms. The first-order chi connectivity index (χ1) is 7.65. The molecule has 1 N–H and O–H groups in total. The van der Waals surface area contributed by atoms with Crippen molar-refractivity contribution in [3.05, 3.63) is 29.6 Å². The highest BCUT2D eigenvalue weighted by Gasteiger charge is 2.10. The fourth-order valence-electron chi connectivity index (χ4n) is 1.33. The van der Waals surface area contributed by atoms with E-state index in [0.717, 1.165) is 0 Å². The van der Waals surface area contributed by atoms with Crippen LogP contribution >= 0.6 is 0 Å². The quantitative estimate of drug-likeness (QED) is 0.759. The summed E-state index contributed by atoms with van der Waals surface area (Å²) < 4.78 is 23.5. The Morgan fingerprint density at radius 1 is 1.38 bits per heavy atom. The summed E-state index contributed by atoms with van der Waals surface area (Å²) in [5.41, 5.74) is 0.455. The lowest BCUT2D eigenvalue weighted by molar-refractivity contribution is 0.107. The molecule has 16 heavy (non-hydrogen) atoms. The number of benzene rings is 1. The maximum absolute atomic E-state index is 13.0. The maximum atomic E-state index is 13.0. The van der Waals surface area contributed by atoms with E-state index in [2.05, 4.69) is 0 Å². The summed E-state index contributed by atoms with van der Waals surface area (Å²) in [6.07, 6.45) is -0.752. The van der Waals surface area contributed by atoms with E-state index in [4.69, 9.17) is 9.47 Å². The summed E-state index contributed by atoms with van der Waals surface area (Å²) in [5, 5.41) is 9.45. The van der Waals surface area contributed by atoms with Crippen molar-refractivity contribution in [1.29, 1.82) is 0 Å². The molecule has 0 saturated heterocycles. The standard InChI is InChI=1S/C12H17FO3/c1-3-15-6-7-16-12-5-4-10(13)8-11(12)9(2)14/h4-5,8-9,14H,3,6-7H2,1-2H3/t9-/m1/s1. The van der Waals surface area contributed by atoms with Gasteiger partial charge in [0.1, 0.15) is 18.2 Å². The molecular formula is C12H17FO3. The third kappa shape index (κ3) is 3.79. The zero-order chi connectivity index (χ0) is 12.0. The van der Waals surface area contributed by atoms with Crippen molar-refractivity contribution >= 4 is 0 Å². The molecule has 0 fully saturated rings. The summed E-state index contributed by atoms with van der Waals surface area (Å²) in [7, 11) is 0. The highest BCUT2D eigenvalue weighted by atomic mass is 19.1. The van der Waals surface area contributed by atoms with Crippen LogP contribution in [-0.2, 0) is 4.74 Å². The van der Waals surface area contributed by atoms with Crippen LogP contribution in [0.4, 0.5) is 4.39 Å². The van der Waals surface area contributed by atoms with Gasteiger partial charge in [-0.1, -0.05) is 0 Å². The SMILES string of the molecule is CCOCCOc1ccc(F)cc1[C@@H](C)O. The van der Waals surface area contributed by atoms with Crippen molar-refractivity contribution in [2.75, 3.05) is 19.8 Å². The second-order valence-electron chi connectivity index (χ2n) is 3.40. The number of hydrogen-bond donors (Lipinski definition) is 1. The van der Waals surface area contributed by atoms with Crippen LogP contribution in [0.15, 0.2) is 18.2 Å². The molecule has 0 aliphatic heterocycles. The molecule has 4 heteroatoms. The van der Waals surface area contributed by atoms with Gasteiger partial charge in [-0.3, -0.25) is 0 Å². The van der Waals surface area contributed by atoms with Crippen molar-refractivity contribution in [2.24, 2.45) is 0 Å². The summed E-state index contributed by atoms with van der Waals surface area (Å²) in [6.45, 7) is 4.98. The van der Waals surface area contributed by atoms with Crippen LogP contribution in [0, 0.1) is 5.82 Å². The van der Waals surface area contributed by atoms with Gasteiger partial charge in [0, 0.05) is 12.2 Å². The highest BCUT2D eigenvalue weighted by Crippen LogP contribution is 2.25. The van der Waals surface area contributed by atoms with Gasteiger partial charge in [0.25, 0.3) is 0 Å². The predicted molar refractivity (Wildman–Crippen MR) is 59.0 cm³/mol. The minimum Gasteiger partial charge on any atom is -0.491 e. The zero-order valence-electron chi connectivity index (χ0n) is 9.57. The van der Waals surface area contributed by atoms with Crippen LogP contribution in [0.3, 0.4) is 0 Å². The minimum atomic E-state index is -0.752. The average molecular weight is 228 g/mol. The molecule has 0 heterocycles. The summed E-state index contributed by atoms with van der Waals surface area (Å²) in [5.74, 6) is 0.115. The topological polar surface area (TPSA) is 38.7 Å². The molecule has 0 radical (unpaired) electrons. The highest BCUT2D eigenvalue weighted by molar-refractivity contribution is 5.35. The normalized spacial score (nSPS) is 12.5. The smallest absolute Gasteiger partial charge is 0.125 e. The Labute approximate surface area is 94.8 Å². The Balaban J connectivity index is 2.64. The molecule has 1 rings (SSSR count). The Morgan fingerprint density at radius 2 is 2.12 bits per heavy atom. The fraction of sp³-hybridized carbons (Fsp3) is 0.500. The third-order valence-corrected chi connectivity index (χ3v) is 2.11. The molecule has 90 valence electrons. The molecule has 1 atom stereocenters. The number of hydrogen-bond acceptors (Lipinski definition) is 3. The van der Waals surface area contributed by atoms with E-state index < -0.39 is 6.10 Å². The third-order valence-electron chi connectivity index (χ3n) is 2.11.